The van der Waals surface area contributed by atoms with Gasteiger partial charge in [-0.3, -0.25) is 19.3 Å². The van der Waals surface area contributed by atoms with Crippen LogP contribution >= 0.6 is 0 Å². The molecule has 2 amide bonds. The average molecular weight is 427 g/mol. The summed E-state index contributed by atoms with van der Waals surface area (Å²) in [5.41, 5.74) is 1.34. The van der Waals surface area contributed by atoms with Crippen LogP contribution in [0.25, 0.3) is 0 Å². The minimum absolute atomic E-state index is 0.0647. The number of hydrogen-bond acceptors (Lipinski definition) is 5. The van der Waals surface area contributed by atoms with Crippen molar-refractivity contribution in [3.8, 4) is 5.75 Å². The monoisotopic (exact) mass is 427 g/mol. The summed E-state index contributed by atoms with van der Waals surface area (Å²) in [4.78, 5) is 51.6. The van der Waals surface area contributed by atoms with Crippen molar-refractivity contribution in [3.05, 3.63) is 71.8 Å². The lowest BCUT2D eigenvalue weighted by molar-refractivity contribution is -0.124. The topological polar surface area (TPSA) is 80.8 Å². The second-order valence-corrected chi connectivity index (χ2v) is 9.18. The van der Waals surface area contributed by atoms with E-state index in [-0.39, 0.29) is 41.3 Å². The number of Topliss-reactive ketones (excluding diaryl/α,β-unsaturated/α-hetero) is 1. The minimum Gasteiger partial charge on any atom is -0.423 e. The smallest absolute Gasteiger partial charge is 0.343 e. The van der Waals surface area contributed by atoms with Gasteiger partial charge in [0.25, 0.3) is 0 Å². The van der Waals surface area contributed by atoms with Crippen molar-refractivity contribution in [2.45, 2.75) is 13.3 Å². The van der Waals surface area contributed by atoms with Gasteiger partial charge in [0.2, 0.25) is 11.8 Å². The summed E-state index contributed by atoms with van der Waals surface area (Å²) in [6.45, 7) is 1.47. The first-order chi connectivity index (χ1) is 15.4. The van der Waals surface area contributed by atoms with Gasteiger partial charge in [0.1, 0.15) is 5.75 Å². The molecule has 2 aromatic rings. The molecule has 6 atom stereocenters. The Morgan fingerprint density at radius 2 is 1.34 bits per heavy atom. The first-order valence-electron chi connectivity index (χ1n) is 10.9. The van der Waals surface area contributed by atoms with E-state index in [1.807, 2.05) is 0 Å². The molecule has 0 aromatic heterocycles. The van der Waals surface area contributed by atoms with E-state index in [0.717, 1.165) is 6.42 Å². The lowest BCUT2D eigenvalue weighted by Crippen LogP contribution is -2.40. The third-order valence-electron chi connectivity index (χ3n) is 7.50. The highest BCUT2D eigenvalue weighted by atomic mass is 16.5. The Labute approximate surface area is 184 Å². The number of rotatable bonds is 4. The molecular formula is C26H21NO5. The molecule has 1 aliphatic heterocycles. The summed E-state index contributed by atoms with van der Waals surface area (Å²) in [5.74, 6) is 0.463. The second-order valence-electron chi connectivity index (χ2n) is 9.18. The van der Waals surface area contributed by atoms with E-state index in [2.05, 4.69) is 12.2 Å². The Morgan fingerprint density at radius 1 is 0.812 bits per heavy atom. The van der Waals surface area contributed by atoms with Crippen molar-refractivity contribution < 1.29 is 23.9 Å². The van der Waals surface area contributed by atoms with Gasteiger partial charge in [-0.15, -0.1) is 0 Å². The van der Waals surface area contributed by atoms with Crippen LogP contribution in [0.3, 0.4) is 0 Å². The Hall–Kier alpha value is -3.54. The van der Waals surface area contributed by atoms with E-state index in [1.54, 1.807) is 48.5 Å². The molecule has 2 saturated carbocycles. The number of nitrogens with zero attached hydrogens (tertiary/aromatic N) is 1. The van der Waals surface area contributed by atoms with Gasteiger partial charge < -0.3 is 4.74 Å². The standard InChI is InChI=1S/C26H21NO5/c1-13(28)14-4-8-17(9-5-14)32-26(31)15-2-6-16(7-3-15)27-24(29)22-18-10-11-19(21-12-20(18)21)23(22)25(27)30/h2-11,18-23H,12H2,1H3/t18-,19-,20-,21-,22+,23+/m1/s1. The van der Waals surface area contributed by atoms with Crippen molar-refractivity contribution >= 4 is 29.3 Å². The molecule has 0 unspecified atom stereocenters. The van der Waals surface area contributed by atoms with Gasteiger partial charge >= 0.3 is 5.97 Å². The van der Waals surface area contributed by atoms with E-state index in [1.165, 1.54) is 11.8 Å². The molecule has 3 fully saturated rings. The number of benzene rings is 2. The van der Waals surface area contributed by atoms with E-state index >= 15 is 0 Å². The number of allylic oxidation sites excluding steroid dienone is 2. The number of carbonyl (C=O) groups is 4. The number of amides is 2. The van der Waals surface area contributed by atoms with Crippen LogP contribution in [0.15, 0.2) is 60.7 Å². The Kier molecular flexibility index (Phi) is 4.03. The minimum atomic E-state index is -0.554. The van der Waals surface area contributed by atoms with Gasteiger partial charge in [0, 0.05) is 5.56 Å². The molecule has 32 heavy (non-hydrogen) atoms. The van der Waals surface area contributed by atoms with Crippen LogP contribution in [0.2, 0.25) is 0 Å². The Balaban J connectivity index is 1.19. The lowest BCUT2D eigenvalue weighted by atomic mass is 9.63. The van der Waals surface area contributed by atoms with Crippen molar-refractivity contribution in [2.24, 2.45) is 35.5 Å². The average Bonchev–Trinajstić information content (AvgIpc) is 3.58. The predicted molar refractivity (Wildman–Crippen MR) is 115 cm³/mol. The summed E-state index contributed by atoms with van der Waals surface area (Å²) < 4.78 is 5.37. The normalized spacial score (nSPS) is 31.3. The molecular weight excluding hydrogens is 406 g/mol. The highest BCUT2D eigenvalue weighted by Crippen LogP contribution is 2.65. The van der Waals surface area contributed by atoms with Gasteiger partial charge in [-0.25, -0.2) is 4.79 Å². The number of ether oxygens (including phenoxy) is 1. The molecule has 2 aromatic carbocycles. The maximum absolute atomic E-state index is 13.2. The summed E-state index contributed by atoms with van der Waals surface area (Å²) in [6.07, 6.45) is 5.43. The van der Waals surface area contributed by atoms with Crippen molar-refractivity contribution in [3.63, 3.8) is 0 Å². The molecule has 4 aliphatic carbocycles. The van der Waals surface area contributed by atoms with E-state index < -0.39 is 5.97 Å². The van der Waals surface area contributed by atoms with Gasteiger partial charge in [0.05, 0.1) is 23.1 Å². The van der Waals surface area contributed by atoms with E-state index in [9.17, 15) is 19.2 Å². The summed E-state index contributed by atoms with van der Waals surface area (Å²) in [6, 6.07) is 12.7. The van der Waals surface area contributed by atoms with Crippen LogP contribution in [0, 0.1) is 35.5 Å². The van der Waals surface area contributed by atoms with Gasteiger partial charge in [0.15, 0.2) is 5.78 Å². The molecule has 7 rings (SSSR count). The fourth-order valence-corrected chi connectivity index (χ4v) is 5.88. The fourth-order valence-electron chi connectivity index (χ4n) is 5.88. The van der Waals surface area contributed by atoms with E-state index in [0.29, 0.717) is 34.4 Å². The summed E-state index contributed by atoms with van der Waals surface area (Å²) in [7, 11) is 0. The molecule has 1 heterocycles. The summed E-state index contributed by atoms with van der Waals surface area (Å²) >= 11 is 0. The van der Waals surface area contributed by atoms with Crippen molar-refractivity contribution in [1.29, 1.82) is 0 Å². The van der Waals surface area contributed by atoms with Crippen LogP contribution in [-0.2, 0) is 9.59 Å². The molecule has 6 nitrogen and oxygen atoms in total. The number of anilines is 1. The predicted octanol–water partition coefficient (Wildman–Crippen LogP) is 3.67. The van der Waals surface area contributed by atoms with Crippen LogP contribution in [0.4, 0.5) is 5.69 Å². The fraction of sp³-hybridized carbons (Fsp3) is 0.308. The maximum atomic E-state index is 13.2. The molecule has 0 spiro atoms. The molecule has 5 aliphatic rings. The van der Waals surface area contributed by atoms with Gasteiger partial charge in [-0.1, -0.05) is 12.2 Å². The Bertz CT molecular complexity index is 1160. The summed E-state index contributed by atoms with van der Waals surface area (Å²) in [5, 5.41) is 0. The number of esters is 1. The zero-order chi connectivity index (χ0) is 22.1. The van der Waals surface area contributed by atoms with Crippen molar-refractivity contribution in [1.82, 2.24) is 0 Å². The SMILES string of the molecule is CC(=O)c1ccc(OC(=O)c2ccc(N3C(=O)[C@H]4[C@@H]5C=C[C@H]([C@H]6C[C@H]56)[C@@H]4C3=O)cc2)cc1. The van der Waals surface area contributed by atoms with Crippen LogP contribution in [0.5, 0.6) is 5.75 Å². The lowest BCUT2D eigenvalue weighted by Gasteiger charge is -2.37. The zero-order valence-corrected chi connectivity index (χ0v) is 17.4. The maximum Gasteiger partial charge on any atom is 0.343 e. The molecule has 1 saturated heterocycles. The first-order valence-corrected chi connectivity index (χ1v) is 10.9. The number of carbonyl (C=O) groups excluding carboxylic acids is 4. The molecule has 160 valence electrons. The number of hydrogen-bond donors (Lipinski definition) is 0. The number of imide groups is 1. The molecule has 0 radical (unpaired) electrons. The third kappa shape index (κ3) is 2.72. The molecule has 6 heteroatoms. The third-order valence-corrected chi connectivity index (χ3v) is 7.50. The quantitative estimate of drug-likeness (QED) is 0.245. The van der Waals surface area contributed by atoms with E-state index in [4.69, 9.17) is 4.74 Å². The second kappa shape index (κ2) is 6.73. The van der Waals surface area contributed by atoms with Crippen LogP contribution in [-0.4, -0.2) is 23.6 Å². The highest BCUT2D eigenvalue weighted by Gasteiger charge is 2.67. The molecule has 0 N–H and O–H groups in total. The van der Waals surface area contributed by atoms with Gasteiger partial charge in [-0.05, 0) is 85.5 Å². The van der Waals surface area contributed by atoms with Gasteiger partial charge in [-0.2, -0.15) is 0 Å². The van der Waals surface area contributed by atoms with Crippen molar-refractivity contribution in [2.75, 3.05) is 4.90 Å². The van der Waals surface area contributed by atoms with Crippen LogP contribution < -0.4 is 9.64 Å². The zero-order valence-electron chi connectivity index (χ0n) is 17.4. The first kappa shape index (κ1) is 19.2. The largest absolute Gasteiger partial charge is 0.423 e. The highest BCUT2D eigenvalue weighted by molar-refractivity contribution is 6.22. The number of ketones is 1. The Morgan fingerprint density at radius 3 is 1.88 bits per heavy atom. The molecule has 2 bridgehead atoms. The van der Waals surface area contributed by atoms with Crippen LogP contribution in [0.1, 0.15) is 34.1 Å².